The van der Waals surface area contributed by atoms with Crippen LogP contribution in [0.3, 0.4) is 0 Å². The van der Waals surface area contributed by atoms with Crippen molar-refractivity contribution in [3.8, 4) is 34.1 Å². The number of carbonyl (C=O) groups is 3. The van der Waals surface area contributed by atoms with Crippen LogP contribution in [0.2, 0.25) is 0 Å². The molecule has 1 atom stereocenters. The van der Waals surface area contributed by atoms with Crippen molar-refractivity contribution in [1.29, 1.82) is 0 Å². The summed E-state index contributed by atoms with van der Waals surface area (Å²) in [4.78, 5) is 43.0. The van der Waals surface area contributed by atoms with Gasteiger partial charge < -0.3 is 18.9 Å². The zero-order chi connectivity index (χ0) is 22.7. The molecule has 6 rings (SSSR count). The van der Waals surface area contributed by atoms with E-state index < -0.39 is 11.9 Å². The van der Waals surface area contributed by atoms with Crippen LogP contribution >= 0.6 is 0 Å². The molecular formula is C24H20N4O5. The van der Waals surface area contributed by atoms with Gasteiger partial charge in [-0.05, 0) is 42.3 Å². The van der Waals surface area contributed by atoms with Crippen LogP contribution in [0.4, 0.5) is 0 Å². The van der Waals surface area contributed by atoms with Crippen LogP contribution in [-0.2, 0) is 23.2 Å². The Morgan fingerprint density at radius 1 is 1.03 bits per heavy atom. The first-order valence-corrected chi connectivity index (χ1v) is 10.7. The van der Waals surface area contributed by atoms with Gasteiger partial charge in [0.25, 0.3) is 5.91 Å². The van der Waals surface area contributed by atoms with E-state index in [0.29, 0.717) is 24.3 Å². The Hall–Kier alpha value is -4.14. The topological polar surface area (TPSA) is 103 Å². The SMILES string of the molecule is Cn1cc(-c2ccc3c(c2)CN(C2CCC(=O)NC2=O)C3=O)nc1-c1ccc2c(c1)OCO2. The molecule has 0 spiro atoms. The van der Waals surface area contributed by atoms with Gasteiger partial charge in [0.05, 0.1) is 5.69 Å². The molecule has 3 amide bonds. The molecule has 1 unspecified atom stereocenters. The number of hydrogen-bond acceptors (Lipinski definition) is 6. The van der Waals surface area contributed by atoms with Gasteiger partial charge in [0.2, 0.25) is 18.6 Å². The summed E-state index contributed by atoms with van der Waals surface area (Å²) in [7, 11) is 1.93. The van der Waals surface area contributed by atoms with Crippen molar-refractivity contribution >= 4 is 17.7 Å². The number of piperidine rings is 1. The van der Waals surface area contributed by atoms with E-state index in [1.807, 2.05) is 48.1 Å². The molecular weight excluding hydrogens is 424 g/mol. The molecule has 2 aromatic carbocycles. The first-order chi connectivity index (χ1) is 16.0. The standard InChI is InChI=1S/C24H20N4O5/c1-27-11-17(25-22(27)14-3-6-19-20(9-14)33-12-32-19)13-2-4-16-15(8-13)10-28(24(16)31)18-5-7-21(29)26-23(18)30/h2-4,6,8-9,11,18H,5,7,10,12H2,1H3,(H,26,29,30). The Kier molecular flexibility index (Phi) is 4.26. The number of fused-ring (bicyclic) bond motifs is 2. The number of amides is 3. The molecule has 0 radical (unpaired) electrons. The number of carbonyl (C=O) groups excluding carboxylic acids is 3. The van der Waals surface area contributed by atoms with E-state index in [-0.39, 0.29) is 25.0 Å². The Bertz CT molecular complexity index is 1340. The highest BCUT2D eigenvalue weighted by Crippen LogP contribution is 2.37. The van der Waals surface area contributed by atoms with Crippen molar-refractivity contribution in [2.45, 2.75) is 25.4 Å². The summed E-state index contributed by atoms with van der Waals surface area (Å²) in [6.45, 7) is 0.546. The minimum Gasteiger partial charge on any atom is -0.454 e. The monoisotopic (exact) mass is 444 g/mol. The molecule has 1 saturated heterocycles. The van der Waals surface area contributed by atoms with E-state index in [2.05, 4.69) is 5.32 Å². The quantitative estimate of drug-likeness (QED) is 0.622. The van der Waals surface area contributed by atoms with Crippen molar-refractivity contribution in [1.82, 2.24) is 19.8 Å². The molecule has 0 saturated carbocycles. The van der Waals surface area contributed by atoms with Crippen LogP contribution in [0.1, 0.15) is 28.8 Å². The normalized spacial score (nSPS) is 19.1. The van der Waals surface area contributed by atoms with E-state index in [1.165, 1.54) is 0 Å². The lowest BCUT2D eigenvalue weighted by Crippen LogP contribution is -2.52. The Morgan fingerprint density at radius 3 is 2.70 bits per heavy atom. The zero-order valence-electron chi connectivity index (χ0n) is 17.8. The highest BCUT2D eigenvalue weighted by Gasteiger charge is 2.39. The second-order valence-corrected chi connectivity index (χ2v) is 8.40. The summed E-state index contributed by atoms with van der Waals surface area (Å²) >= 11 is 0. The molecule has 1 aromatic heterocycles. The summed E-state index contributed by atoms with van der Waals surface area (Å²) in [5, 5.41) is 2.33. The molecule has 1 N–H and O–H groups in total. The summed E-state index contributed by atoms with van der Waals surface area (Å²) in [6.07, 6.45) is 2.52. The first kappa shape index (κ1) is 19.5. The second kappa shape index (κ2) is 7.19. The maximum atomic E-state index is 12.9. The number of aromatic nitrogens is 2. The molecule has 3 aliphatic heterocycles. The number of hydrogen-bond donors (Lipinski definition) is 1. The number of imide groups is 1. The fourth-order valence-electron chi connectivity index (χ4n) is 4.64. The molecule has 3 aromatic rings. The number of ether oxygens (including phenoxy) is 2. The number of imidazole rings is 1. The van der Waals surface area contributed by atoms with Crippen LogP contribution in [0, 0.1) is 0 Å². The minimum atomic E-state index is -0.626. The first-order valence-electron chi connectivity index (χ1n) is 10.7. The van der Waals surface area contributed by atoms with Gasteiger partial charge in [-0.25, -0.2) is 4.98 Å². The van der Waals surface area contributed by atoms with Gasteiger partial charge >= 0.3 is 0 Å². The van der Waals surface area contributed by atoms with Gasteiger partial charge in [-0.2, -0.15) is 0 Å². The van der Waals surface area contributed by atoms with Crippen molar-refractivity contribution < 1.29 is 23.9 Å². The van der Waals surface area contributed by atoms with Crippen molar-refractivity contribution in [2.24, 2.45) is 7.05 Å². The molecule has 9 nitrogen and oxygen atoms in total. The fourth-order valence-corrected chi connectivity index (χ4v) is 4.64. The third-order valence-corrected chi connectivity index (χ3v) is 6.33. The average molecular weight is 444 g/mol. The molecule has 9 heteroatoms. The van der Waals surface area contributed by atoms with Crippen molar-refractivity contribution in [3.63, 3.8) is 0 Å². The van der Waals surface area contributed by atoms with Crippen LogP contribution < -0.4 is 14.8 Å². The van der Waals surface area contributed by atoms with E-state index in [9.17, 15) is 14.4 Å². The second-order valence-electron chi connectivity index (χ2n) is 8.40. The van der Waals surface area contributed by atoms with Gasteiger partial charge in [0, 0.05) is 42.9 Å². The molecule has 166 valence electrons. The van der Waals surface area contributed by atoms with Crippen LogP contribution in [-0.4, -0.2) is 45.0 Å². The van der Waals surface area contributed by atoms with Gasteiger partial charge in [-0.1, -0.05) is 6.07 Å². The lowest BCUT2D eigenvalue weighted by atomic mass is 10.0. The number of aryl methyl sites for hydroxylation is 1. The van der Waals surface area contributed by atoms with E-state index >= 15 is 0 Å². The lowest BCUT2D eigenvalue weighted by molar-refractivity contribution is -0.136. The third-order valence-electron chi connectivity index (χ3n) is 6.33. The highest BCUT2D eigenvalue weighted by molar-refractivity contribution is 6.05. The summed E-state index contributed by atoms with van der Waals surface area (Å²) in [5.74, 6) is 1.30. The Balaban J connectivity index is 1.29. The fraction of sp³-hybridized carbons (Fsp3) is 0.250. The largest absolute Gasteiger partial charge is 0.454 e. The van der Waals surface area contributed by atoms with E-state index in [4.69, 9.17) is 14.5 Å². The van der Waals surface area contributed by atoms with Gasteiger partial charge in [0.15, 0.2) is 11.5 Å². The van der Waals surface area contributed by atoms with Crippen LogP contribution in [0.25, 0.3) is 22.6 Å². The molecule has 33 heavy (non-hydrogen) atoms. The maximum Gasteiger partial charge on any atom is 0.255 e. The number of nitrogens with one attached hydrogen (secondary N) is 1. The number of nitrogens with zero attached hydrogens (tertiary/aromatic N) is 3. The smallest absolute Gasteiger partial charge is 0.255 e. The van der Waals surface area contributed by atoms with Gasteiger partial charge in [-0.3, -0.25) is 19.7 Å². The predicted octanol–water partition coefficient (Wildman–Crippen LogP) is 2.24. The molecule has 4 heterocycles. The highest BCUT2D eigenvalue weighted by atomic mass is 16.7. The maximum absolute atomic E-state index is 12.9. The Morgan fingerprint density at radius 2 is 1.85 bits per heavy atom. The minimum absolute atomic E-state index is 0.187. The van der Waals surface area contributed by atoms with Crippen LogP contribution in [0.5, 0.6) is 11.5 Å². The van der Waals surface area contributed by atoms with Gasteiger partial charge in [-0.15, -0.1) is 0 Å². The Labute approximate surface area is 188 Å². The van der Waals surface area contributed by atoms with Crippen molar-refractivity contribution in [2.75, 3.05) is 6.79 Å². The number of benzene rings is 2. The lowest BCUT2D eigenvalue weighted by Gasteiger charge is -2.29. The summed E-state index contributed by atoms with van der Waals surface area (Å²) in [5.41, 5.74) is 4.00. The van der Waals surface area contributed by atoms with Gasteiger partial charge in [0.1, 0.15) is 11.9 Å². The van der Waals surface area contributed by atoms with E-state index in [1.54, 1.807) is 11.0 Å². The van der Waals surface area contributed by atoms with E-state index in [0.717, 1.165) is 34.0 Å². The summed E-state index contributed by atoms with van der Waals surface area (Å²) < 4.78 is 12.8. The summed E-state index contributed by atoms with van der Waals surface area (Å²) in [6, 6.07) is 10.7. The molecule has 0 aliphatic carbocycles. The zero-order valence-corrected chi connectivity index (χ0v) is 17.8. The third kappa shape index (κ3) is 3.15. The molecule has 1 fully saturated rings. The number of rotatable bonds is 3. The average Bonchev–Trinajstić information content (AvgIpc) is 3.50. The molecule has 0 bridgehead atoms. The van der Waals surface area contributed by atoms with Crippen molar-refractivity contribution in [3.05, 3.63) is 53.7 Å². The molecule has 3 aliphatic rings. The predicted molar refractivity (Wildman–Crippen MR) is 116 cm³/mol. The van der Waals surface area contributed by atoms with Crippen LogP contribution in [0.15, 0.2) is 42.6 Å².